The Morgan fingerprint density at radius 1 is 1.07 bits per heavy atom. The van der Waals surface area contributed by atoms with Gasteiger partial charge in [0.25, 0.3) is 17.7 Å². The predicted molar refractivity (Wildman–Crippen MR) is 111 cm³/mol. The normalized spacial score (nSPS) is 20.0. The summed E-state index contributed by atoms with van der Waals surface area (Å²) in [6.07, 6.45) is 0.341. The summed E-state index contributed by atoms with van der Waals surface area (Å²) in [6.45, 7) is 9.91. The van der Waals surface area contributed by atoms with E-state index >= 15 is 0 Å². The molecule has 0 aromatic heterocycles. The first-order valence-corrected chi connectivity index (χ1v) is 10.2. The van der Waals surface area contributed by atoms with Crippen molar-refractivity contribution in [3.63, 3.8) is 0 Å². The summed E-state index contributed by atoms with van der Waals surface area (Å²) >= 11 is 0. The lowest BCUT2D eigenvalue weighted by Crippen LogP contribution is -3.14. The maximum Gasteiger partial charge on any atom is 0.344 e. The zero-order chi connectivity index (χ0) is 22.5. The molecule has 2 rings (SSSR count). The molecule has 0 spiro atoms. The zero-order valence-corrected chi connectivity index (χ0v) is 18.3. The first-order chi connectivity index (χ1) is 14.0. The van der Waals surface area contributed by atoms with E-state index < -0.39 is 23.4 Å². The number of carbonyl (C=O) groups is 4. The van der Waals surface area contributed by atoms with Crippen LogP contribution >= 0.6 is 0 Å². The predicted octanol–water partition coefficient (Wildman–Crippen LogP) is -0.306. The number of quaternary nitrogens is 1. The first kappa shape index (κ1) is 23.3. The van der Waals surface area contributed by atoms with Crippen LogP contribution in [0.2, 0.25) is 0 Å². The van der Waals surface area contributed by atoms with Crippen LogP contribution in [0.25, 0.3) is 0 Å². The second-order valence-electron chi connectivity index (χ2n) is 8.49. The molecule has 0 aliphatic carbocycles. The van der Waals surface area contributed by atoms with Crippen molar-refractivity contribution in [2.45, 2.75) is 52.1 Å². The number of likely N-dealkylation sites (N-methyl/N-ethyl adjacent to an activating group) is 1. The van der Waals surface area contributed by atoms with E-state index in [2.05, 4.69) is 16.1 Å². The number of amides is 5. The highest BCUT2D eigenvalue weighted by atomic mass is 16.2. The van der Waals surface area contributed by atoms with Crippen molar-refractivity contribution in [2.24, 2.45) is 0 Å². The summed E-state index contributed by atoms with van der Waals surface area (Å²) in [5.41, 5.74) is 1.48. The number of benzene rings is 1. The van der Waals surface area contributed by atoms with E-state index in [1.165, 1.54) is 0 Å². The Bertz CT molecular complexity index is 805. The highest BCUT2D eigenvalue weighted by molar-refractivity contribution is 6.08. The van der Waals surface area contributed by atoms with Crippen molar-refractivity contribution in [1.29, 1.82) is 0 Å². The molecule has 9 nitrogen and oxygen atoms in total. The Hall–Kier alpha value is -2.94. The number of hydrogen-bond donors (Lipinski definition) is 4. The van der Waals surface area contributed by atoms with Gasteiger partial charge in [0.15, 0.2) is 13.1 Å². The highest BCUT2D eigenvalue weighted by Gasteiger charge is 2.52. The van der Waals surface area contributed by atoms with Gasteiger partial charge in [-0.15, -0.1) is 0 Å². The van der Waals surface area contributed by atoms with Gasteiger partial charge in [0.2, 0.25) is 0 Å². The lowest BCUT2D eigenvalue weighted by molar-refractivity contribution is -0.882. The van der Waals surface area contributed by atoms with Crippen LogP contribution in [0.15, 0.2) is 30.3 Å². The van der Waals surface area contributed by atoms with Crippen LogP contribution in [0.4, 0.5) is 4.79 Å². The molecule has 0 radical (unpaired) electrons. The van der Waals surface area contributed by atoms with Crippen LogP contribution in [0.3, 0.4) is 0 Å². The largest absolute Gasteiger partial charge is 0.347 e. The van der Waals surface area contributed by atoms with E-state index in [4.69, 9.17) is 0 Å². The van der Waals surface area contributed by atoms with Crippen LogP contribution < -0.4 is 21.0 Å². The Balaban J connectivity index is 2.05. The van der Waals surface area contributed by atoms with Crippen molar-refractivity contribution in [1.82, 2.24) is 21.1 Å². The zero-order valence-electron chi connectivity index (χ0n) is 18.3. The minimum Gasteiger partial charge on any atom is -0.347 e. The van der Waals surface area contributed by atoms with Gasteiger partial charge in [0.05, 0.1) is 6.54 Å². The molecule has 1 aliphatic heterocycles. The molecule has 1 aliphatic rings. The molecule has 1 saturated heterocycles. The fraction of sp³-hybridized carbons (Fsp3) is 0.524. The van der Waals surface area contributed by atoms with Crippen LogP contribution in [0.5, 0.6) is 0 Å². The monoisotopic (exact) mass is 418 g/mol. The molecular formula is C21H32N5O4+. The van der Waals surface area contributed by atoms with Crippen molar-refractivity contribution >= 4 is 23.8 Å². The number of hydrogen-bond acceptors (Lipinski definition) is 4. The standard InChI is InChI=1S/C21H31N5O4/c1-6-21(15-11-9-8-10-12-15)18(29)26(19(30)23-21)24-17(28)14-25(7-2)13-16(27)22-20(3,4)5/h8-12H,6-7,13-14H2,1-5H3,(H,22,27)(H,23,30)(H,24,28)/p+1/t21-/m1/s1. The Morgan fingerprint density at radius 3 is 2.20 bits per heavy atom. The summed E-state index contributed by atoms with van der Waals surface area (Å²) in [5, 5.41) is 6.31. The number of imide groups is 1. The highest BCUT2D eigenvalue weighted by Crippen LogP contribution is 2.31. The van der Waals surface area contributed by atoms with Gasteiger partial charge in [0, 0.05) is 5.54 Å². The third kappa shape index (κ3) is 5.35. The number of hydrazine groups is 1. The quantitative estimate of drug-likeness (QED) is 0.434. The van der Waals surface area contributed by atoms with E-state index in [0.717, 1.165) is 5.01 Å². The van der Waals surface area contributed by atoms with E-state index in [0.29, 0.717) is 23.4 Å². The number of carbonyl (C=O) groups excluding carboxylic acids is 4. The van der Waals surface area contributed by atoms with E-state index in [-0.39, 0.29) is 24.5 Å². The molecule has 0 bridgehead atoms. The SMILES string of the molecule is CC[NH+](CC(=O)NN1C(=O)N[C@](CC)(c2ccccc2)C1=O)CC(=O)NC(C)(C)C. The van der Waals surface area contributed by atoms with Crippen LogP contribution in [-0.4, -0.2) is 53.9 Å². The van der Waals surface area contributed by atoms with Gasteiger partial charge in [-0.1, -0.05) is 37.3 Å². The average molecular weight is 419 g/mol. The van der Waals surface area contributed by atoms with Crippen molar-refractivity contribution < 1.29 is 24.1 Å². The summed E-state index contributed by atoms with van der Waals surface area (Å²) in [4.78, 5) is 50.9. The van der Waals surface area contributed by atoms with E-state index in [1.807, 2.05) is 33.8 Å². The van der Waals surface area contributed by atoms with Gasteiger partial charge in [0.1, 0.15) is 5.54 Å². The third-order valence-corrected chi connectivity index (χ3v) is 4.96. The average Bonchev–Trinajstić information content (AvgIpc) is 2.91. The lowest BCUT2D eigenvalue weighted by Gasteiger charge is -2.26. The minimum atomic E-state index is -1.21. The maximum atomic E-state index is 13.1. The van der Waals surface area contributed by atoms with E-state index in [9.17, 15) is 19.2 Å². The summed E-state index contributed by atoms with van der Waals surface area (Å²) < 4.78 is 0. The Morgan fingerprint density at radius 2 is 1.67 bits per heavy atom. The van der Waals surface area contributed by atoms with Crippen molar-refractivity contribution in [3.05, 3.63) is 35.9 Å². The smallest absolute Gasteiger partial charge is 0.344 e. The van der Waals surface area contributed by atoms with Gasteiger partial charge in [-0.2, -0.15) is 5.01 Å². The van der Waals surface area contributed by atoms with Crippen LogP contribution in [-0.2, 0) is 19.9 Å². The summed E-state index contributed by atoms with van der Waals surface area (Å²) in [5.74, 6) is -1.21. The van der Waals surface area contributed by atoms with E-state index in [1.54, 1.807) is 31.2 Å². The number of rotatable bonds is 8. The van der Waals surface area contributed by atoms with Gasteiger partial charge in [-0.3, -0.25) is 19.8 Å². The molecule has 1 aromatic carbocycles. The fourth-order valence-corrected chi connectivity index (χ4v) is 3.43. The molecule has 1 fully saturated rings. The molecule has 5 amide bonds. The molecule has 2 atom stereocenters. The number of nitrogens with zero attached hydrogens (tertiary/aromatic N) is 1. The van der Waals surface area contributed by atoms with Crippen LogP contribution in [0, 0.1) is 0 Å². The van der Waals surface area contributed by atoms with Gasteiger partial charge >= 0.3 is 6.03 Å². The Kier molecular flexibility index (Phi) is 7.20. The van der Waals surface area contributed by atoms with Crippen LogP contribution in [0.1, 0.15) is 46.6 Å². The second kappa shape index (κ2) is 9.25. The molecule has 1 heterocycles. The molecule has 30 heavy (non-hydrogen) atoms. The fourth-order valence-electron chi connectivity index (χ4n) is 3.43. The molecule has 164 valence electrons. The third-order valence-electron chi connectivity index (χ3n) is 4.96. The molecule has 4 N–H and O–H groups in total. The Labute approximate surface area is 177 Å². The van der Waals surface area contributed by atoms with Crippen molar-refractivity contribution in [2.75, 3.05) is 19.6 Å². The molecule has 9 heteroatoms. The number of urea groups is 1. The second-order valence-corrected chi connectivity index (χ2v) is 8.49. The summed E-state index contributed by atoms with van der Waals surface area (Å²) in [6, 6.07) is 8.26. The number of nitrogens with one attached hydrogen (secondary N) is 4. The van der Waals surface area contributed by atoms with Gasteiger partial charge in [-0.25, -0.2) is 4.79 Å². The maximum absolute atomic E-state index is 13.1. The molecule has 1 aromatic rings. The van der Waals surface area contributed by atoms with Crippen molar-refractivity contribution in [3.8, 4) is 0 Å². The topological polar surface area (TPSA) is 112 Å². The molecule has 0 saturated carbocycles. The first-order valence-electron chi connectivity index (χ1n) is 10.2. The lowest BCUT2D eigenvalue weighted by atomic mass is 9.87. The summed E-state index contributed by atoms with van der Waals surface area (Å²) in [7, 11) is 0. The van der Waals surface area contributed by atoms with Gasteiger partial charge < -0.3 is 15.5 Å². The minimum absolute atomic E-state index is 0.0460. The molecule has 1 unspecified atom stereocenters. The van der Waals surface area contributed by atoms with Gasteiger partial charge in [-0.05, 0) is 39.7 Å². The molecular weight excluding hydrogens is 386 g/mol.